The number of nitrogens with zero attached hydrogens (tertiary/aromatic N) is 1. The lowest BCUT2D eigenvalue weighted by atomic mass is 9.90. The smallest absolute Gasteiger partial charge is 0.305 e. The molecule has 0 amide bonds. The monoisotopic (exact) mass is 437 g/mol. The second-order valence-electron chi connectivity index (χ2n) is 8.38. The summed E-state index contributed by atoms with van der Waals surface area (Å²) < 4.78 is 13.6. The number of pyridine rings is 1. The molecule has 2 atom stereocenters. The Hall–Kier alpha value is -3.09. The number of carboxylic acids is 1. The Labute approximate surface area is 186 Å². The van der Waals surface area contributed by atoms with Crippen molar-refractivity contribution in [3.63, 3.8) is 0 Å². The van der Waals surface area contributed by atoms with E-state index in [4.69, 9.17) is 10.1 Å². The lowest BCUT2D eigenvalue weighted by Crippen LogP contribution is -2.19. The van der Waals surface area contributed by atoms with E-state index in [1.807, 2.05) is 39.0 Å². The first-order valence-electron chi connectivity index (χ1n) is 10.6. The summed E-state index contributed by atoms with van der Waals surface area (Å²) in [6.45, 7) is 6.05. The van der Waals surface area contributed by atoms with Crippen molar-refractivity contribution in [2.24, 2.45) is 0 Å². The van der Waals surface area contributed by atoms with Crippen LogP contribution in [0.5, 0.6) is 0 Å². The molecule has 6 heteroatoms. The van der Waals surface area contributed by atoms with Crippen LogP contribution < -0.4 is 0 Å². The van der Waals surface area contributed by atoms with Gasteiger partial charge in [0.05, 0.1) is 29.8 Å². The highest BCUT2D eigenvalue weighted by molar-refractivity contribution is 5.99. The molecular formula is C26H28FNO4. The molecule has 2 aromatic carbocycles. The lowest BCUT2D eigenvalue weighted by molar-refractivity contribution is -0.139. The van der Waals surface area contributed by atoms with Crippen LogP contribution in [0.2, 0.25) is 0 Å². The lowest BCUT2D eigenvalue weighted by Gasteiger charge is -2.18. The molecule has 0 radical (unpaired) electrons. The van der Waals surface area contributed by atoms with E-state index in [0.29, 0.717) is 0 Å². The van der Waals surface area contributed by atoms with Gasteiger partial charge in [-0.3, -0.25) is 9.78 Å². The first-order chi connectivity index (χ1) is 15.2. The van der Waals surface area contributed by atoms with Crippen molar-refractivity contribution in [2.45, 2.75) is 51.7 Å². The molecule has 0 fully saturated rings. The molecule has 0 saturated heterocycles. The number of aryl methyl sites for hydroxylation is 1. The van der Waals surface area contributed by atoms with E-state index < -0.39 is 24.6 Å². The van der Waals surface area contributed by atoms with Gasteiger partial charge in [-0.25, -0.2) is 4.39 Å². The maximum absolute atomic E-state index is 13.6. The van der Waals surface area contributed by atoms with Gasteiger partial charge >= 0.3 is 5.97 Å². The molecule has 1 heterocycles. The number of benzene rings is 2. The van der Waals surface area contributed by atoms with Gasteiger partial charge < -0.3 is 15.3 Å². The van der Waals surface area contributed by atoms with E-state index >= 15 is 0 Å². The van der Waals surface area contributed by atoms with Crippen molar-refractivity contribution >= 4 is 22.9 Å². The van der Waals surface area contributed by atoms with Crippen molar-refractivity contribution in [3.8, 4) is 11.1 Å². The van der Waals surface area contributed by atoms with Crippen LogP contribution in [0.25, 0.3) is 28.1 Å². The van der Waals surface area contributed by atoms with Crippen LogP contribution in [0, 0.1) is 12.7 Å². The number of fused-ring (bicyclic) bond motifs is 1. The van der Waals surface area contributed by atoms with Crippen LogP contribution in [-0.4, -0.2) is 38.5 Å². The minimum Gasteiger partial charge on any atom is -0.481 e. The molecule has 0 aliphatic heterocycles. The molecule has 0 aliphatic rings. The minimum atomic E-state index is -1.15. The molecule has 0 aliphatic carbocycles. The van der Waals surface area contributed by atoms with Gasteiger partial charge in [0.25, 0.3) is 0 Å². The number of rotatable bonds is 8. The Balaban J connectivity index is 2.16. The summed E-state index contributed by atoms with van der Waals surface area (Å²) in [7, 11) is 0. The molecule has 1 aromatic heterocycles. The summed E-state index contributed by atoms with van der Waals surface area (Å²) in [5.41, 5.74) is 5.23. The number of halogens is 1. The third kappa shape index (κ3) is 5.58. The summed E-state index contributed by atoms with van der Waals surface area (Å²) in [5, 5.41) is 29.9. The van der Waals surface area contributed by atoms with E-state index in [-0.39, 0.29) is 18.2 Å². The molecule has 32 heavy (non-hydrogen) atoms. The van der Waals surface area contributed by atoms with Crippen molar-refractivity contribution in [1.29, 1.82) is 0 Å². The Kier molecular flexibility index (Phi) is 7.38. The van der Waals surface area contributed by atoms with Crippen LogP contribution in [0.1, 0.15) is 49.4 Å². The third-order valence-corrected chi connectivity index (χ3v) is 5.30. The summed E-state index contributed by atoms with van der Waals surface area (Å²) in [5.74, 6) is -1.37. The molecule has 5 nitrogen and oxygen atoms in total. The molecule has 3 rings (SSSR count). The first kappa shape index (κ1) is 23.6. The molecule has 168 valence electrons. The topological polar surface area (TPSA) is 90.7 Å². The number of carboxylic acid groups (broad SMARTS) is 1. The Morgan fingerprint density at radius 3 is 2.44 bits per heavy atom. The van der Waals surface area contributed by atoms with Gasteiger partial charge in [-0.15, -0.1) is 0 Å². The first-order valence-corrected chi connectivity index (χ1v) is 10.6. The maximum atomic E-state index is 13.6. The fourth-order valence-corrected chi connectivity index (χ4v) is 3.80. The SMILES string of the molecule is Cc1ccc2nc(C(C)C)c(/C=C/C(O)CC(O)CC(=O)O)c(-c3ccc(F)cc3)c2c1. The normalized spacial score (nSPS) is 13.7. The van der Waals surface area contributed by atoms with E-state index in [9.17, 15) is 19.4 Å². The molecule has 0 spiro atoms. The number of aromatic nitrogens is 1. The van der Waals surface area contributed by atoms with Crippen molar-refractivity contribution in [2.75, 3.05) is 0 Å². The number of aliphatic hydroxyl groups excluding tert-OH is 2. The largest absolute Gasteiger partial charge is 0.481 e. The highest BCUT2D eigenvalue weighted by Crippen LogP contribution is 2.37. The van der Waals surface area contributed by atoms with Gasteiger partial charge in [0.2, 0.25) is 0 Å². The van der Waals surface area contributed by atoms with E-state index in [2.05, 4.69) is 0 Å². The van der Waals surface area contributed by atoms with Gasteiger partial charge in [-0.2, -0.15) is 0 Å². The predicted molar refractivity (Wildman–Crippen MR) is 124 cm³/mol. The molecule has 0 saturated carbocycles. The number of aliphatic hydroxyl groups is 2. The highest BCUT2D eigenvalue weighted by Gasteiger charge is 2.19. The average Bonchev–Trinajstić information content (AvgIpc) is 2.71. The minimum absolute atomic E-state index is 0.0781. The Morgan fingerprint density at radius 2 is 1.81 bits per heavy atom. The van der Waals surface area contributed by atoms with Crippen LogP contribution >= 0.6 is 0 Å². The van der Waals surface area contributed by atoms with E-state index in [1.165, 1.54) is 12.1 Å². The molecule has 2 unspecified atom stereocenters. The predicted octanol–water partition coefficient (Wildman–Crippen LogP) is 5.07. The van der Waals surface area contributed by atoms with Crippen LogP contribution in [0.15, 0.2) is 48.5 Å². The van der Waals surface area contributed by atoms with Gasteiger partial charge in [0.1, 0.15) is 5.82 Å². The number of hydrogen-bond acceptors (Lipinski definition) is 4. The van der Waals surface area contributed by atoms with Gasteiger partial charge in [0, 0.05) is 22.9 Å². The van der Waals surface area contributed by atoms with Crippen LogP contribution in [0.3, 0.4) is 0 Å². The average molecular weight is 438 g/mol. The zero-order valence-electron chi connectivity index (χ0n) is 18.4. The standard InChI is InChI=1S/C26H28FNO4/c1-15(2)26-21(10-9-19(29)13-20(30)14-24(31)32)25(17-5-7-18(27)8-6-17)22-12-16(3)4-11-23(22)28-26/h4-12,15,19-20,29-30H,13-14H2,1-3H3,(H,31,32)/b10-9+. The van der Waals surface area contributed by atoms with Crippen LogP contribution in [-0.2, 0) is 4.79 Å². The van der Waals surface area contributed by atoms with Gasteiger partial charge in [-0.1, -0.05) is 49.8 Å². The number of aliphatic carboxylic acids is 1. The molecule has 3 aromatic rings. The number of carbonyl (C=O) groups is 1. The third-order valence-electron chi connectivity index (χ3n) is 5.30. The van der Waals surface area contributed by atoms with Crippen molar-refractivity contribution < 1.29 is 24.5 Å². The zero-order chi connectivity index (χ0) is 23.4. The molecule has 3 N–H and O–H groups in total. The fraction of sp³-hybridized carbons (Fsp3) is 0.308. The Morgan fingerprint density at radius 1 is 1.12 bits per heavy atom. The van der Waals surface area contributed by atoms with Gasteiger partial charge in [-0.05, 0) is 42.7 Å². The number of hydrogen-bond donors (Lipinski definition) is 3. The molecular weight excluding hydrogens is 409 g/mol. The second-order valence-corrected chi connectivity index (χ2v) is 8.38. The van der Waals surface area contributed by atoms with E-state index in [0.717, 1.165) is 38.9 Å². The quantitative estimate of drug-likeness (QED) is 0.458. The van der Waals surface area contributed by atoms with Gasteiger partial charge in [0.15, 0.2) is 0 Å². The summed E-state index contributed by atoms with van der Waals surface area (Å²) >= 11 is 0. The molecule has 0 bridgehead atoms. The fourth-order valence-electron chi connectivity index (χ4n) is 3.80. The summed E-state index contributed by atoms with van der Waals surface area (Å²) in [6.07, 6.45) is 0.610. The summed E-state index contributed by atoms with van der Waals surface area (Å²) in [6, 6.07) is 12.3. The maximum Gasteiger partial charge on any atom is 0.305 e. The Bertz CT molecular complexity index is 1140. The van der Waals surface area contributed by atoms with E-state index in [1.54, 1.807) is 24.3 Å². The second kappa shape index (κ2) is 10.0. The zero-order valence-corrected chi connectivity index (χ0v) is 18.4. The van der Waals surface area contributed by atoms with Crippen molar-refractivity contribution in [3.05, 3.63) is 71.2 Å². The van der Waals surface area contributed by atoms with Crippen LogP contribution in [0.4, 0.5) is 4.39 Å². The van der Waals surface area contributed by atoms with Crippen molar-refractivity contribution in [1.82, 2.24) is 4.98 Å². The summed E-state index contributed by atoms with van der Waals surface area (Å²) in [4.78, 5) is 15.6. The highest BCUT2D eigenvalue weighted by atomic mass is 19.1.